The van der Waals surface area contributed by atoms with E-state index in [9.17, 15) is 10.1 Å². The summed E-state index contributed by atoms with van der Waals surface area (Å²) in [5.74, 6) is -0.0197. The third-order valence-electron chi connectivity index (χ3n) is 4.31. The van der Waals surface area contributed by atoms with Crippen LogP contribution in [0, 0.1) is 18.3 Å². The van der Waals surface area contributed by atoms with Crippen LogP contribution in [-0.2, 0) is 6.54 Å². The summed E-state index contributed by atoms with van der Waals surface area (Å²) < 4.78 is 1.70. The van der Waals surface area contributed by atoms with Crippen LogP contribution >= 0.6 is 11.8 Å². The number of aromatic nitrogens is 3. The first-order valence-electron chi connectivity index (χ1n) is 8.82. The molecule has 0 atom stereocenters. The number of nitriles is 1. The minimum atomic E-state index is -0.0197. The normalized spacial score (nSPS) is 11.6. The highest BCUT2D eigenvalue weighted by molar-refractivity contribution is 8.02. The molecule has 1 heterocycles. The molecule has 140 valence electrons. The summed E-state index contributed by atoms with van der Waals surface area (Å²) in [6.07, 6.45) is 3.78. The lowest BCUT2D eigenvalue weighted by molar-refractivity contribution is 0.0995. The molecule has 0 amide bonds. The number of carbonyl (C=O) groups is 1. The van der Waals surface area contributed by atoms with Crippen LogP contribution in [0.5, 0.6) is 0 Å². The van der Waals surface area contributed by atoms with Gasteiger partial charge in [0, 0.05) is 16.9 Å². The lowest BCUT2D eigenvalue weighted by Crippen LogP contribution is -2.01. The lowest BCUT2D eigenvalue weighted by atomic mass is 10.0. The Labute approximate surface area is 168 Å². The van der Waals surface area contributed by atoms with Gasteiger partial charge in [0.1, 0.15) is 11.8 Å². The van der Waals surface area contributed by atoms with Gasteiger partial charge in [0.25, 0.3) is 0 Å². The van der Waals surface area contributed by atoms with E-state index in [1.54, 1.807) is 10.9 Å². The first-order valence-corrected chi connectivity index (χ1v) is 10.0. The van der Waals surface area contributed by atoms with Crippen molar-refractivity contribution in [1.82, 2.24) is 15.0 Å². The third-order valence-corrected chi connectivity index (χ3v) is 5.16. The molecule has 0 fully saturated rings. The average Bonchev–Trinajstić information content (AvgIpc) is 3.17. The molecule has 0 unspecified atom stereocenters. The van der Waals surface area contributed by atoms with Gasteiger partial charge in [-0.2, -0.15) is 5.26 Å². The average molecular weight is 388 g/mol. The van der Waals surface area contributed by atoms with Crippen molar-refractivity contribution in [2.75, 3.05) is 6.26 Å². The molecule has 1 aromatic heterocycles. The predicted octanol–water partition coefficient (Wildman–Crippen LogP) is 4.51. The van der Waals surface area contributed by atoms with Gasteiger partial charge in [-0.05, 0) is 18.7 Å². The number of benzene rings is 2. The van der Waals surface area contributed by atoms with Gasteiger partial charge in [0.2, 0.25) is 0 Å². The molecule has 0 aliphatic carbocycles. The molecule has 0 saturated carbocycles. The van der Waals surface area contributed by atoms with E-state index in [4.69, 9.17) is 0 Å². The minimum Gasteiger partial charge on any atom is -0.294 e. The molecule has 0 saturated heterocycles. The summed E-state index contributed by atoms with van der Waals surface area (Å²) in [4.78, 5) is 13.3. The monoisotopic (exact) mass is 388 g/mol. The summed E-state index contributed by atoms with van der Waals surface area (Å²) in [7, 11) is 0. The maximum Gasteiger partial charge on any atom is 0.167 e. The van der Waals surface area contributed by atoms with Crippen LogP contribution in [-0.4, -0.2) is 27.0 Å². The fraction of sp³-hybridized carbons (Fsp3) is 0.182. The van der Waals surface area contributed by atoms with Gasteiger partial charge in [0.15, 0.2) is 5.78 Å². The molecule has 6 heteroatoms. The second-order valence-electron chi connectivity index (χ2n) is 6.37. The van der Waals surface area contributed by atoms with Gasteiger partial charge in [0.05, 0.1) is 18.3 Å². The molecule has 0 N–H and O–H groups in total. The maximum absolute atomic E-state index is 12.6. The number of thioether (sulfide) groups is 1. The zero-order valence-electron chi connectivity index (χ0n) is 15.8. The minimum absolute atomic E-state index is 0.0197. The van der Waals surface area contributed by atoms with Gasteiger partial charge in [-0.3, -0.25) is 4.79 Å². The Bertz CT molecular complexity index is 1030. The smallest absolute Gasteiger partial charge is 0.167 e. The lowest BCUT2D eigenvalue weighted by Gasteiger charge is -2.06. The SMILES string of the molecule is CS/C(CC(=O)c1ccc(C)cc1)=C(\C#N)c1cn(Cc2ccccc2)nn1. The number of carbonyl (C=O) groups excluding carboxylic acids is 1. The van der Waals surface area contributed by atoms with E-state index in [0.717, 1.165) is 11.1 Å². The molecular formula is C22H20N4OS. The molecule has 28 heavy (non-hydrogen) atoms. The quantitative estimate of drug-likeness (QED) is 0.440. The van der Waals surface area contributed by atoms with Crippen molar-refractivity contribution in [3.8, 4) is 6.07 Å². The third kappa shape index (κ3) is 4.76. The highest BCUT2D eigenvalue weighted by Crippen LogP contribution is 2.28. The van der Waals surface area contributed by atoms with Crippen molar-refractivity contribution >= 4 is 23.1 Å². The first-order chi connectivity index (χ1) is 13.6. The van der Waals surface area contributed by atoms with Crippen molar-refractivity contribution in [3.05, 3.63) is 88.1 Å². The van der Waals surface area contributed by atoms with Crippen LogP contribution in [0.25, 0.3) is 5.57 Å². The Kier molecular flexibility index (Phi) is 6.41. The van der Waals surface area contributed by atoms with Gasteiger partial charge >= 0.3 is 0 Å². The van der Waals surface area contributed by atoms with Crippen molar-refractivity contribution in [2.24, 2.45) is 0 Å². The fourth-order valence-electron chi connectivity index (χ4n) is 2.77. The van der Waals surface area contributed by atoms with E-state index in [1.807, 2.05) is 67.8 Å². The molecule has 3 rings (SSSR count). The molecule has 0 aliphatic rings. The standard InChI is InChI=1S/C22H20N4OS/c1-16-8-10-18(11-9-16)21(27)12-22(28-2)19(13-23)20-15-26(25-24-20)14-17-6-4-3-5-7-17/h3-11,15H,12,14H2,1-2H3/b22-19+. The summed E-state index contributed by atoms with van der Waals surface area (Å²) in [6, 6.07) is 19.6. The van der Waals surface area contributed by atoms with Crippen LogP contribution < -0.4 is 0 Å². The number of rotatable bonds is 7. The van der Waals surface area contributed by atoms with Crippen LogP contribution in [0.15, 0.2) is 65.7 Å². The number of Topliss-reactive ketones (excluding diaryl/α,β-unsaturated/α-hetero) is 1. The summed E-state index contributed by atoms with van der Waals surface area (Å²) in [6.45, 7) is 2.55. The van der Waals surface area contributed by atoms with Crippen molar-refractivity contribution in [2.45, 2.75) is 19.9 Å². The topological polar surface area (TPSA) is 71.6 Å². The molecular weight excluding hydrogens is 368 g/mol. The van der Waals surface area contributed by atoms with E-state index < -0.39 is 0 Å². The molecule has 0 bridgehead atoms. The van der Waals surface area contributed by atoms with E-state index in [1.165, 1.54) is 11.8 Å². The Morgan fingerprint density at radius 3 is 2.50 bits per heavy atom. The second kappa shape index (κ2) is 9.16. The van der Waals surface area contributed by atoms with Crippen molar-refractivity contribution in [3.63, 3.8) is 0 Å². The van der Waals surface area contributed by atoms with Crippen LogP contribution in [0.3, 0.4) is 0 Å². The van der Waals surface area contributed by atoms with Crippen LogP contribution in [0.2, 0.25) is 0 Å². The van der Waals surface area contributed by atoms with Gasteiger partial charge in [-0.1, -0.05) is 65.4 Å². The summed E-state index contributed by atoms with van der Waals surface area (Å²) in [5.41, 5.74) is 3.72. The van der Waals surface area contributed by atoms with E-state index in [0.29, 0.717) is 28.3 Å². The zero-order chi connectivity index (χ0) is 19.9. The number of allylic oxidation sites excluding steroid dienone is 2. The summed E-state index contributed by atoms with van der Waals surface area (Å²) >= 11 is 1.40. The van der Waals surface area contributed by atoms with E-state index in [2.05, 4.69) is 16.4 Å². The van der Waals surface area contributed by atoms with E-state index >= 15 is 0 Å². The Morgan fingerprint density at radius 2 is 1.86 bits per heavy atom. The Hall–Kier alpha value is -3.17. The van der Waals surface area contributed by atoms with Gasteiger partial charge in [-0.25, -0.2) is 4.68 Å². The maximum atomic E-state index is 12.6. The number of aryl methyl sites for hydroxylation is 1. The molecule has 5 nitrogen and oxygen atoms in total. The number of hydrogen-bond donors (Lipinski definition) is 0. The zero-order valence-corrected chi connectivity index (χ0v) is 16.6. The fourth-order valence-corrected chi connectivity index (χ4v) is 3.40. The molecule has 0 spiro atoms. The molecule has 0 radical (unpaired) electrons. The largest absolute Gasteiger partial charge is 0.294 e. The first kappa shape index (κ1) is 19.6. The molecule has 3 aromatic rings. The molecule has 0 aliphatic heterocycles. The van der Waals surface area contributed by atoms with Gasteiger partial charge in [-0.15, -0.1) is 16.9 Å². The van der Waals surface area contributed by atoms with Crippen LogP contribution in [0.1, 0.15) is 33.6 Å². The van der Waals surface area contributed by atoms with Crippen molar-refractivity contribution in [1.29, 1.82) is 5.26 Å². The second-order valence-corrected chi connectivity index (χ2v) is 7.27. The van der Waals surface area contributed by atoms with Crippen molar-refractivity contribution < 1.29 is 4.79 Å². The molecule has 2 aromatic carbocycles. The Balaban J connectivity index is 1.83. The van der Waals surface area contributed by atoms with E-state index in [-0.39, 0.29) is 12.2 Å². The number of hydrogen-bond acceptors (Lipinski definition) is 5. The number of nitrogens with zero attached hydrogens (tertiary/aromatic N) is 4. The van der Waals surface area contributed by atoms with Gasteiger partial charge < -0.3 is 0 Å². The summed E-state index contributed by atoms with van der Waals surface area (Å²) in [5, 5.41) is 18.0. The number of ketones is 1. The highest BCUT2D eigenvalue weighted by atomic mass is 32.2. The predicted molar refractivity (Wildman–Crippen MR) is 112 cm³/mol. The Morgan fingerprint density at radius 1 is 1.14 bits per heavy atom. The van der Waals surface area contributed by atoms with Crippen LogP contribution in [0.4, 0.5) is 0 Å². The highest BCUT2D eigenvalue weighted by Gasteiger charge is 2.17.